The summed E-state index contributed by atoms with van der Waals surface area (Å²) in [7, 11) is -3.78. The zero-order valence-electron chi connectivity index (χ0n) is 9.89. The maximum atomic E-state index is 11.7. The van der Waals surface area contributed by atoms with Gasteiger partial charge in [-0.2, -0.15) is 0 Å². The van der Waals surface area contributed by atoms with E-state index in [2.05, 4.69) is 16.3 Å². The molecular formula is C11H16N2O4S. The van der Waals surface area contributed by atoms with Gasteiger partial charge in [-0.25, -0.2) is 13.1 Å². The summed E-state index contributed by atoms with van der Waals surface area (Å²) in [6.45, 7) is 4.40. The Morgan fingerprint density at radius 1 is 1.44 bits per heavy atom. The van der Waals surface area contributed by atoms with Gasteiger partial charge in [0.2, 0.25) is 15.5 Å². The predicted molar refractivity (Wildman–Crippen MR) is 67.9 cm³/mol. The van der Waals surface area contributed by atoms with Crippen LogP contribution in [-0.4, -0.2) is 33.2 Å². The van der Waals surface area contributed by atoms with Crippen molar-refractivity contribution in [2.45, 2.75) is 11.3 Å². The minimum atomic E-state index is -3.78. The first-order valence-electron chi connectivity index (χ1n) is 5.43. The van der Waals surface area contributed by atoms with Gasteiger partial charge in [-0.3, -0.25) is 4.79 Å². The molecule has 0 atom stereocenters. The topological polar surface area (TPSA) is 88.3 Å². The van der Waals surface area contributed by atoms with Gasteiger partial charge in [0.1, 0.15) is 4.90 Å². The Morgan fingerprint density at radius 3 is 2.89 bits per heavy atom. The second kappa shape index (κ2) is 7.10. The second-order valence-corrected chi connectivity index (χ2v) is 5.20. The fraction of sp³-hybridized carbons (Fsp3) is 0.364. The van der Waals surface area contributed by atoms with E-state index in [1.165, 1.54) is 6.20 Å². The van der Waals surface area contributed by atoms with Gasteiger partial charge in [0.05, 0.1) is 13.2 Å². The summed E-state index contributed by atoms with van der Waals surface area (Å²) in [5.41, 5.74) is -0.547. The van der Waals surface area contributed by atoms with Crippen LogP contribution in [0.5, 0.6) is 0 Å². The van der Waals surface area contributed by atoms with Crippen molar-refractivity contribution < 1.29 is 13.2 Å². The highest BCUT2D eigenvalue weighted by atomic mass is 32.2. The minimum absolute atomic E-state index is 0.119. The van der Waals surface area contributed by atoms with Crippen LogP contribution in [0, 0.1) is 0 Å². The van der Waals surface area contributed by atoms with E-state index in [-0.39, 0.29) is 18.0 Å². The normalized spacial score (nSPS) is 11.3. The van der Waals surface area contributed by atoms with E-state index < -0.39 is 15.5 Å². The van der Waals surface area contributed by atoms with Crippen LogP contribution in [-0.2, 0) is 14.8 Å². The number of rotatable bonds is 8. The summed E-state index contributed by atoms with van der Waals surface area (Å²) < 4.78 is 30.9. The van der Waals surface area contributed by atoms with Gasteiger partial charge in [0, 0.05) is 25.0 Å². The Morgan fingerprint density at radius 2 is 2.22 bits per heavy atom. The first-order chi connectivity index (χ1) is 8.58. The van der Waals surface area contributed by atoms with Crippen molar-refractivity contribution in [3.05, 3.63) is 41.3 Å². The van der Waals surface area contributed by atoms with Crippen molar-refractivity contribution in [1.82, 2.24) is 9.71 Å². The molecule has 0 amide bonds. The van der Waals surface area contributed by atoms with E-state index in [9.17, 15) is 13.2 Å². The van der Waals surface area contributed by atoms with Crippen LogP contribution < -0.4 is 10.2 Å². The fourth-order valence-corrected chi connectivity index (χ4v) is 2.27. The van der Waals surface area contributed by atoms with Gasteiger partial charge in [-0.15, -0.1) is 6.58 Å². The highest BCUT2D eigenvalue weighted by molar-refractivity contribution is 7.89. The first kappa shape index (κ1) is 14.6. The third-order valence-electron chi connectivity index (χ3n) is 2.08. The number of hydrogen-bond donors (Lipinski definition) is 2. The molecule has 0 radical (unpaired) electrons. The van der Waals surface area contributed by atoms with Crippen molar-refractivity contribution in [3.63, 3.8) is 0 Å². The third-order valence-corrected chi connectivity index (χ3v) is 3.56. The highest BCUT2D eigenvalue weighted by Gasteiger charge is 2.16. The van der Waals surface area contributed by atoms with E-state index in [1.54, 1.807) is 6.08 Å². The largest absolute Gasteiger partial charge is 0.380 e. The van der Waals surface area contributed by atoms with E-state index >= 15 is 0 Å². The van der Waals surface area contributed by atoms with Crippen molar-refractivity contribution in [1.29, 1.82) is 0 Å². The maximum Gasteiger partial charge on any atom is 0.245 e. The molecule has 0 spiro atoms. The number of nitrogens with one attached hydrogen (secondary N) is 2. The van der Waals surface area contributed by atoms with E-state index in [0.717, 1.165) is 12.3 Å². The zero-order chi connectivity index (χ0) is 13.4. The molecule has 6 nitrogen and oxygen atoms in total. The molecule has 0 aromatic carbocycles. The molecule has 0 saturated carbocycles. The van der Waals surface area contributed by atoms with Gasteiger partial charge in [0.15, 0.2) is 0 Å². The summed E-state index contributed by atoms with van der Waals surface area (Å²) in [5, 5.41) is 0. The molecule has 1 aromatic heterocycles. The molecular weight excluding hydrogens is 256 g/mol. The first-order valence-corrected chi connectivity index (χ1v) is 6.91. The van der Waals surface area contributed by atoms with Crippen LogP contribution in [0.3, 0.4) is 0 Å². The number of aromatic nitrogens is 1. The Labute approximate surface area is 106 Å². The second-order valence-electron chi connectivity index (χ2n) is 3.46. The van der Waals surface area contributed by atoms with Crippen LogP contribution >= 0.6 is 0 Å². The third kappa shape index (κ3) is 4.44. The average molecular weight is 272 g/mol. The molecule has 7 heteroatoms. The molecule has 1 rings (SSSR count). The fourth-order valence-electron chi connectivity index (χ4n) is 1.21. The summed E-state index contributed by atoms with van der Waals surface area (Å²) in [6, 6.07) is 1.16. The molecule has 18 heavy (non-hydrogen) atoms. The number of ether oxygens (including phenoxy) is 1. The number of aromatic amines is 1. The average Bonchev–Trinajstić information content (AvgIpc) is 2.34. The maximum absolute atomic E-state index is 11.7. The monoisotopic (exact) mass is 272 g/mol. The van der Waals surface area contributed by atoms with Crippen LogP contribution in [0.4, 0.5) is 0 Å². The molecule has 0 unspecified atom stereocenters. The molecule has 2 N–H and O–H groups in total. The Bertz CT molecular complexity index is 536. The summed E-state index contributed by atoms with van der Waals surface area (Å²) in [4.78, 5) is 13.6. The molecule has 100 valence electrons. The van der Waals surface area contributed by atoms with E-state index in [0.29, 0.717) is 13.0 Å². The van der Waals surface area contributed by atoms with Crippen LogP contribution in [0.25, 0.3) is 0 Å². The predicted octanol–water partition coefficient (Wildman–Crippen LogP) is 0.246. The molecule has 0 aliphatic heterocycles. The lowest BCUT2D eigenvalue weighted by Gasteiger charge is -2.06. The molecule has 0 aliphatic carbocycles. The molecule has 0 saturated heterocycles. The Hall–Kier alpha value is -1.44. The Balaban J connectivity index is 2.49. The van der Waals surface area contributed by atoms with E-state index in [1.807, 2.05) is 0 Å². The number of sulfonamides is 1. The molecule has 0 aliphatic rings. The SMILES string of the molecule is C=CCCOCCNS(=O)(=O)c1c[nH]ccc1=O. The zero-order valence-corrected chi connectivity index (χ0v) is 10.7. The summed E-state index contributed by atoms with van der Waals surface area (Å²) >= 11 is 0. The van der Waals surface area contributed by atoms with Crippen molar-refractivity contribution in [3.8, 4) is 0 Å². The van der Waals surface area contributed by atoms with Crippen molar-refractivity contribution in [2.75, 3.05) is 19.8 Å². The number of pyridine rings is 1. The lowest BCUT2D eigenvalue weighted by atomic mass is 10.5. The molecule has 0 bridgehead atoms. The van der Waals surface area contributed by atoms with Crippen molar-refractivity contribution >= 4 is 10.0 Å². The lowest BCUT2D eigenvalue weighted by Crippen LogP contribution is -2.31. The standard InChI is InChI=1S/C11H16N2O4S/c1-2-3-7-17-8-6-13-18(15,16)11-9-12-5-4-10(11)14/h2,4-5,9,13H,1,3,6-8H2,(H,12,14). The molecule has 0 fully saturated rings. The van der Waals surface area contributed by atoms with Gasteiger partial charge >= 0.3 is 0 Å². The number of hydrogen-bond acceptors (Lipinski definition) is 4. The van der Waals surface area contributed by atoms with Gasteiger partial charge in [0.25, 0.3) is 0 Å². The Kier molecular flexibility index (Phi) is 5.76. The smallest absolute Gasteiger partial charge is 0.245 e. The summed E-state index contributed by atoms with van der Waals surface area (Å²) in [5.74, 6) is 0. The number of H-pyrrole nitrogens is 1. The highest BCUT2D eigenvalue weighted by Crippen LogP contribution is 1.98. The minimum Gasteiger partial charge on any atom is -0.380 e. The molecule has 1 aromatic rings. The lowest BCUT2D eigenvalue weighted by molar-refractivity contribution is 0.144. The van der Waals surface area contributed by atoms with E-state index in [4.69, 9.17) is 4.74 Å². The van der Waals surface area contributed by atoms with Gasteiger partial charge in [-0.1, -0.05) is 6.08 Å². The van der Waals surface area contributed by atoms with Crippen LogP contribution in [0.1, 0.15) is 6.42 Å². The van der Waals surface area contributed by atoms with Crippen LogP contribution in [0.15, 0.2) is 40.8 Å². The molecule has 1 heterocycles. The van der Waals surface area contributed by atoms with Gasteiger partial charge in [-0.05, 0) is 6.42 Å². The van der Waals surface area contributed by atoms with Gasteiger partial charge < -0.3 is 9.72 Å². The van der Waals surface area contributed by atoms with Crippen LogP contribution in [0.2, 0.25) is 0 Å². The quantitative estimate of drug-likeness (QED) is 0.524. The summed E-state index contributed by atoms with van der Waals surface area (Å²) in [6.07, 6.45) is 4.96. The van der Waals surface area contributed by atoms with Crippen molar-refractivity contribution in [2.24, 2.45) is 0 Å².